The number of aliphatic carboxylic acids is 1. The molecular formula is C11H19NO2. The predicted octanol–water partition coefficient (Wildman–Crippen LogP) is 1.77. The van der Waals surface area contributed by atoms with Crippen LogP contribution in [0.1, 0.15) is 45.4 Å². The number of nitrogens with one attached hydrogen (secondary N) is 1. The Kier molecular flexibility index (Phi) is 2.52. The molecule has 0 radical (unpaired) electrons. The van der Waals surface area contributed by atoms with Crippen molar-refractivity contribution in [3.63, 3.8) is 0 Å². The molecule has 0 bridgehead atoms. The van der Waals surface area contributed by atoms with Crippen molar-refractivity contribution in [1.82, 2.24) is 5.32 Å². The second kappa shape index (κ2) is 3.54. The number of hydrogen-bond acceptors (Lipinski definition) is 2. The van der Waals surface area contributed by atoms with Gasteiger partial charge in [-0.15, -0.1) is 0 Å². The molecule has 0 heterocycles. The van der Waals surface area contributed by atoms with Crippen molar-refractivity contribution < 1.29 is 9.90 Å². The number of hydrogen-bond donors (Lipinski definition) is 2. The van der Waals surface area contributed by atoms with Gasteiger partial charge in [-0.25, -0.2) is 0 Å². The molecule has 14 heavy (non-hydrogen) atoms. The van der Waals surface area contributed by atoms with Crippen LogP contribution in [0.25, 0.3) is 0 Å². The van der Waals surface area contributed by atoms with Gasteiger partial charge in [0.15, 0.2) is 0 Å². The van der Waals surface area contributed by atoms with Crippen LogP contribution in [-0.4, -0.2) is 22.7 Å². The summed E-state index contributed by atoms with van der Waals surface area (Å²) in [6, 6.07) is 0.488. The van der Waals surface area contributed by atoms with Crippen LogP contribution in [0.15, 0.2) is 0 Å². The van der Waals surface area contributed by atoms with Gasteiger partial charge in [-0.1, -0.05) is 13.3 Å². The summed E-state index contributed by atoms with van der Waals surface area (Å²) in [7, 11) is 0. The van der Waals surface area contributed by atoms with E-state index in [0.717, 1.165) is 38.5 Å². The van der Waals surface area contributed by atoms with Gasteiger partial charge in [0.2, 0.25) is 0 Å². The van der Waals surface area contributed by atoms with Crippen molar-refractivity contribution >= 4 is 5.97 Å². The Bertz CT molecular complexity index is 237. The van der Waals surface area contributed by atoms with E-state index in [4.69, 9.17) is 0 Å². The van der Waals surface area contributed by atoms with Gasteiger partial charge in [-0.3, -0.25) is 10.1 Å². The molecule has 0 spiro atoms. The topological polar surface area (TPSA) is 49.3 Å². The summed E-state index contributed by atoms with van der Waals surface area (Å²) < 4.78 is 0. The van der Waals surface area contributed by atoms with Crippen molar-refractivity contribution in [3.8, 4) is 0 Å². The Morgan fingerprint density at radius 1 is 1.50 bits per heavy atom. The lowest BCUT2D eigenvalue weighted by Crippen LogP contribution is -2.51. The highest BCUT2D eigenvalue weighted by Gasteiger charge is 2.47. The molecule has 0 aromatic rings. The van der Waals surface area contributed by atoms with E-state index in [-0.39, 0.29) is 0 Å². The highest BCUT2D eigenvalue weighted by Crippen LogP contribution is 2.38. The third-order valence-corrected chi connectivity index (χ3v) is 3.66. The predicted molar refractivity (Wildman–Crippen MR) is 54.2 cm³/mol. The Labute approximate surface area is 84.9 Å². The molecule has 2 unspecified atom stereocenters. The van der Waals surface area contributed by atoms with Crippen molar-refractivity contribution in [2.24, 2.45) is 5.92 Å². The van der Waals surface area contributed by atoms with Crippen LogP contribution in [-0.2, 0) is 4.79 Å². The number of carbonyl (C=O) groups is 1. The molecule has 0 saturated heterocycles. The molecule has 2 aliphatic carbocycles. The molecule has 2 N–H and O–H groups in total. The smallest absolute Gasteiger partial charge is 0.323 e. The quantitative estimate of drug-likeness (QED) is 0.722. The van der Waals surface area contributed by atoms with Gasteiger partial charge >= 0.3 is 5.97 Å². The van der Waals surface area contributed by atoms with E-state index < -0.39 is 11.5 Å². The summed E-state index contributed by atoms with van der Waals surface area (Å²) in [5.74, 6) is -0.0299. The number of carboxylic acid groups (broad SMARTS) is 1. The zero-order chi connectivity index (χ0) is 10.2. The largest absolute Gasteiger partial charge is 0.480 e. The van der Waals surface area contributed by atoms with Gasteiger partial charge in [0.05, 0.1) is 0 Å². The van der Waals surface area contributed by atoms with Crippen molar-refractivity contribution in [2.45, 2.75) is 57.0 Å². The minimum Gasteiger partial charge on any atom is -0.480 e. The molecule has 2 aliphatic rings. The average Bonchev–Trinajstić information content (AvgIpc) is 2.83. The lowest BCUT2D eigenvalue weighted by molar-refractivity contribution is -0.144. The molecule has 2 saturated carbocycles. The summed E-state index contributed by atoms with van der Waals surface area (Å²) in [4.78, 5) is 11.3. The van der Waals surface area contributed by atoms with Crippen LogP contribution in [0.3, 0.4) is 0 Å². The maximum absolute atomic E-state index is 11.3. The Morgan fingerprint density at radius 3 is 2.64 bits per heavy atom. The van der Waals surface area contributed by atoms with Gasteiger partial charge in [-0.2, -0.15) is 0 Å². The molecule has 80 valence electrons. The van der Waals surface area contributed by atoms with E-state index in [1.807, 2.05) is 0 Å². The van der Waals surface area contributed by atoms with Gasteiger partial charge in [0, 0.05) is 6.04 Å². The fraction of sp³-hybridized carbons (Fsp3) is 0.909. The monoisotopic (exact) mass is 197 g/mol. The molecule has 3 nitrogen and oxygen atoms in total. The van der Waals surface area contributed by atoms with E-state index in [1.165, 1.54) is 0 Å². The average molecular weight is 197 g/mol. The van der Waals surface area contributed by atoms with Gasteiger partial charge in [0.1, 0.15) is 5.54 Å². The second-order valence-electron chi connectivity index (χ2n) is 4.82. The van der Waals surface area contributed by atoms with Crippen LogP contribution in [0.5, 0.6) is 0 Å². The number of rotatable bonds is 4. The van der Waals surface area contributed by atoms with Crippen molar-refractivity contribution in [2.75, 3.05) is 0 Å². The zero-order valence-electron chi connectivity index (χ0n) is 8.75. The molecular weight excluding hydrogens is 178 g/mol. The standard InChI is InChI=1S/C11H19NO2/c1-2-8-5-6-11(7-8,10(13)14)12-9-3-4-9/h8-9,12H,2-7H2,1H3,(H,13,14). The summed E-state index contributed by atoms with van der Waals surface area (Å²) in [6.45, 7) is 2.15. The Hall–Kier alpha value is -0.570. The van der Waals surface area contributed by atoms with Crippen molar-refractivity contribution in [3.05, 3.63) is 0 Å². The summed E-state index contributed by atoms with van der Waals surface area (Å²) >= 11 is 0. The first-order valence-electron chi connectivity index (χ1n) is 5.67. The van der Waals surface area contributed by atoms with Crippen LogP contribution in [0, 0.1) is 5.92 Å². The molecule has 2 rings (SSSR count). The van der Waals surface area contributed by atoms with Gasteiger partial charge in [-0.05, 0) is 38.0 Å². The molecule has 2 atom stereocenters. The van der Waals surface area contributed by atoms with Crippen LogP contribution >= 0.6 is 0 Å². The first-order valence-corrected chi connectivity index (χ1v) is 5.67. The highest BCUT2D eigenvalue weighted by molar-refractivity contribution is 5.79. The third-order valence-electron chi connectivity index (χ3n) is 3.66. The lowest BCUT2D eigenvalue weighted by atomic mass is 9.95. The normalized spacial score (nSPS) is 37.4. The Balaban J connectivity index is 2.03. The van der Waals surface area contributed by atoms with E-state index in [1.54, 1.807) is 0 Å². The molecule has 0 aliphatic heterocycles. The molecule has 0 amide bonds. The molecule has 0 aromatic heterocycles. The summed E-state index contributed by atoms with van der Waals surface area (Å²) in [6.07, 6.45) is 6.15. The maximum atomic E-state index is 11.3. The van der Waals surface area contributed by atoms with E-state index in [0.29, 0.717) is 12.0 Å². The van der Waals surface area contributed by atoms with Gasteiger partial charge < -0.3 is 5.11 Å². The molecule has 3 heteroatoms. The Morgan fingerprint density at radius 2 is 2.21 bits per heavy atom. The minimum atomic E-state index is -0.639. The fourth-order valence-corrected chi connectivity index (χ4v) is 2.50. The number of carboxylic acids is 1. The zero-order valence-corrected chi connectivity index (χ0v) is 8.75. The SMILES string of the molecule is CCC1CCC(NC2CC2)(C(=O)O)C1. The van der Waals surface area contributed by atoms with Crippen molar-refractivity contribution in [1.29, 1.82) is 0 Å². The van der Waals surface area contributed by atoms with E-state index in [9.17, 15) is 9.90 Å². The summed E-state index contributed by atoms with van der Waals surface area (Å²) in [5.41, 5.74) is -0.582. The third kappa shape index (κ3) is 1.78. The van der Waals surface area contributed by atoms with Crippen LogP contribution in [0.2, 0.25) is 0 Å². The first-order chi connectivity index (χ1) is 6.66. The molecule has 0 aromatic carbocycles. The highest BCUT2D eigenvalue weighted by atomic mass is 16.4. The summed E-state index contributed by atoms with van der Waals surface area (Å²) in [5, 5.41) is 12.6. The van der Waals surface area contributed by atoms with Crippen LogP contribution in [0.4, 0.5) is 0 Å². The fourth-order valence-electron chi connectivity index (χ4n) is 2.50. The molecule has 2 fully saturated rings. The first kappa shape index (κ1) is 9.97. The van der Waals surface area contributed by atoms with E-state index in [2.05, 4.69) is 12.2 Å². The lowest BCUT2D eigenvalue weighted by Gasteiger charge is -2.26. The van der Waals surface area contributed by atoms with Crippen LogP contribution < -0.4 is 5.32 Å². The maximum Gasteiger partial charge on any atom is 0.323 e. The second-order valence-corrected chi connectivity index (χ2v) is 4.82. The minimum absolute atomic E-state index is 0.488. The van der Waals surface area contributed by atoms with Gasteiger partial charge in [0.25, 0.3) is 0 Å². The van der Waals surface area contributed by atoms with E-state index >= 15 is 0 Å².